The Kier molecular flexibility index (Phi) is 5.68. The second-order valence-electron chi connectivity index (χ2n) is 5.98. The van der Waals surface area contributed by atoms with Gasteiger partial charge >= 0.3 is 0 Å². The number of amides is 2. The Bertz CT molecular complexity index is 741. The number of anilines is 1. The molecule has 136 valence electrons. The van der Waals surface area contributed by atoms with E-state index < -0.39 is 0 Å². The highest BCUT2D eigenvalue weighted by Crippen LogP contribution is 2.20. The van der Waals surface area contributed by atoms with E-state index in [1.54, 1.807) is 36.5 Å². The van der Waals surface area contributed by atoms with Crippen LogP contribution in [0.15, 0.2) is 48.8 Å². The number of nitrogens with one attached hydrogen (secondary N) is 1. The minimum Gasteiger partial charge on any atom is -0.497 e. The summed E-state index contributed by atoms with van der Waals surface area (Å²) in [6.45, 7) is 2.79. The number of carbonyl (C=O) groups excluding carboxylic acids is 2. The van der Waals surface area contributed by atoms with Crippen LogP contribution in [0.3, 0.4) is 0 Å². The van der Waals surface area contributed by atoms with E-state index in [4.69, 9.17) is 4.74 Å². The summed E-state index contributed by atoms with van der Waals surface area (Å²) >= 11 is 0. The highest BCUT2D eigenvalue weighted by molar-refractivity contribution is 5.96. The molecule has 0 unspecified atom stereocenters. The van der Waals surface area contributed by atoms with Crippen molar-refractivity contribution in [3.8, 4) is 5.75 Å². The molecule has 1 saturated heterocycles. The molecular formula is C19H22N4O3. The summed E-state index contributed by atoms with van der Waals surface area (Å²) in [4.78, 5) is 32.2. The molecule has 2 aromatic rings. The molecule has 1 aliphatic heterocycles. The Morgan fingerprint density at radius 3 is 2.31 bits per heavy atom. The van der Waals surface area contributed by atoms with E-state index >= 15 is 0 Å². The Morgan fingerprint density at radius 2 is 1.69 bits per heavy atom. The van der Waals surface area contributed by atoms with Crippen LogP contribution >= 0.6 is 0 Å². The standard InChI is InChI=1S/C19H22N4O3/c1-26-17-4-2-16(3-5-17)22-10-12-23(13-11-22)18(24)14-21-19(25)15-6-8-20-9-7-15/h2-9H,10-14H2,1H3,(H,21,25). The van der Waals surface area contributed by atoms with Crippen molar-refractivity contribution >= 4 is 17.5 Å². The van der Waals surface area contributed by atoms with Crippen LogP contribution in [0.4, 0.5) is 5.69 Å². The number of hydrogen-bond donors (Lipinski definition) is 1. The van der Waals surface area contributed by atoms with E-state index in [9.17, 15) is 9.59 Å². The van der Waals surface area contributed by atoms with Gasteiger partial charge < -0.3 is 19.9 Å². The summed E-state index contributed by atoms with van der Waals surface area (Å²) in [7, 11) is 1.65. The summed E-state index contributed by atoms with van der Waals surface area (Å²) in [6.07, 6.45) is 3.10. The van der Waals surface area contributed by atoms with Gasteiger partial charge in [-0.25, -0.2) is 0 Å². The maximum Gasteiger partial charge on any atom is 0.251 e. The third-order valence-corrected chi connectivity index (χ3v) is 4.41. The number of methoxy groups -OCH3 is 1. The fourth-order valence-electron chi connectivity index (χ4n) is 2.88. The van der Waals surface area contributed by atoms with Gasteiger partial charge in [0.15, 0.2) is 0 Å². The largest absolute Gasteiger partial charge is 0.497 e. The molecule has 3 rings (SSSR count). The van der Waals surface area contributed by atoms with Gasteiger partial charge in [0.25, 0.3) is 5.91 Å². The maximum atomic E-state index is 12.3. The normalized spacial score (nSPS) is 14.0. The second kappa shape index (κ2) is 8.33. The second-order valence-corrected chi connectivity index (χ2v) is 5.98. The van der Waals surface area contributed by atoms with Crippen molar-refractivity contribution in [3.05, 3.63) is 54.4 Å². The predicted molar refractivity (Wildman–Crippen MR) is 98.4 cm³/mol. The average molecular weight is 354 g/mol. The van der Waals surface area contributed by atoms with Gasteiger partial charge in [-0.3, -0.25) is 14.6 Å². The zero-order chi connectivity index (χ0) is 18.4. The first-order valence-corrected chi connectivity index (χ1v) is 8.52. The molecule has 0 spiro atoms. The number of rotatable bonds is 5. The minimum atomic E-state index is -0.266. The Morgan fingerprint density at radius 1 is 1.04 bits per heavy atom. The number of ether oxygens (including phenoxy) is 1. The van der Waals surface area contributed by atoms with Gasteiger partial charge in [-0.2, -0.15) is 0 Å². The minimum absolute atomic E-state index is 0.00366. The zero-order valence-corrected chi connectivity index (χ0v) is 14.7. The van der Waals surface area contributed by atoms with Gasteiger partial charge in [-0.15, -0.1) is 0 Å². The van der Waals surface area contributed by atoms with E-state index in [0.29, 0.717) is 18.7 Å². The first-order chi connectivity index (χ1) is 12.7. The third kappa shape index (κ3) is 4.30. The lowest BCUT2D eigenvalue weighted by Crippen LogP contribution is -2.51. The molecule has 2 amide bonds. The number of piperazine rings is 1. The summed E-state index contributed by atoms with van der Waals surface area (Å²) in [5.74, 6) is 0.493. The van der Waals surface area contributed by atoms with Crippen LogP contribution in [0, 0.1) is 0 Å². The molecule has 1 fully saturated rings. The molecule has 7 nitrogen and oxygen atoms in total. The summed E-state index contributed by atoms with van der Waals surface area (Å²) in [5, 5.41) is 2.67. The molecule has 1 aliphatic rings. The van der Waals surface area contributed by atoms with E-state index in [0.717, 1.165) is 24.5 Å². The zero-order valence-electron chi connectivity index (χ0n) is 14.7. The van der Waals surface area contributed by atoms with Gasteiger partial charge in [-0.1, -0.05) is 0 Å². The molecule has 0 aliphatic carbocycles. The van der Waals surface area contributed by atoms with Crippen LogP contribution in [-0.2, 0) is 4.79 Å². The Labute approximate surface area is 152 Å². The number of hydrogen-bond acceptors (Lipinski definition) is 5. The number of pyridine rings is 1. The third-order valence-electron chi connectivity index (χ3n) is 4.41. The lowest BCUT2D eigenvalue weighted by Gasteiger charge is -2.36. The molecule has 0 atom stereocenters. The van der Waals surface area contributed by atoms with E-state index in [1.165, 1.54) is 0 Å². The van der Waals surface area contributed by atoms with Crippen LogP contribution in [0.25, 0.3) is 0 Å². The topological polar surface area (TPSA) is 74.8 Å². The van der Waals surface area contributed by atoms with Crippen molar-refractivity contribution in [2.45, 2.75) is 0 Å². The molecule has 2 heterocycles. The number of benzene rings is 1. The van der Waals surface area contributed by atoms with Crippen molar-refractivity contribution in [3.63, 3.8) is 0 Å². The van der Waals surface area contributed by atoms with Crippen molar-refractivity contribution in [1.82, 2.24) is 15.2 Å². The van der Waals surface area contributed by atoms with Crippen LogP contribution in [0.2, 0.25) is 0 Å². The summed E-state index contributed by atoms with van der Waals surface area (Å²) < 4.78 is 5.17. The Hall–Kier alpha value is -3.09. The number of nitrogens with zero attached hydrogens (tertiary/aromatic N) is 3. The van der Waals surface area contributed by atoms with Crippen LogP contribution in [0.1, 0.15) is 10.4 Å². The lowest BCUT2D eigenvalue weighted by molar-refractivity contribution is -0.130. The predicted octanol–water partition coefficient (Wildman–Crippen LogP) is 1.17. The molecule has 0 saturated carbocycles. The summed E-state index contributed by atoms with van der Waals surface area (Å²) in [5.41, 5.74) is 1.61. The Balaban J connectivity index is 1.46. The van der Waals surface area contributed by atoms with Gasteiger partial charge in [0.2, 0.25) is 5.91 Å². The highest BCUT2D eigenvalue weighted by Gasteiger charge is 2.21. The highest BCUT2D eigenvalue weighted by atomic mass is 16.5. The molecule has 0 bridgehead atoms. The average Bonchev–Trinajstić information content (AvgIpc) is 2.72. The van der Waals surface area contributed by atoms with E-state index in [2.05, 4.69) is 15.2 Å². The lowest BCUT2D eigenvalue weighted by atomic mass is 10.2. The number of aromatic nitrogens is 1. The van der Waals surface area contributed by atoms with Gasteiger partial charge in [0, 0.05) is 49.8 Å². The fraction of sp³-hybridized carbons (Fsp3) is 0.316. The molecule has 0 radical (unpaired) electrons. The molecule has 7 heteroatoms. The molecular weight excluding hydrogens is 332 g/mol. The summed E-state index contributed by atoms with van der Waals surface area (Å²) in [6, 6.07) is 11.1. The molecule has 1 aromatic carbocycles. The van der Waals surface area contributed by atoms with Crippen molar-refractivity contribution in [2.24, 2.45) is 0 Å². The quantitative estimate of drug-likeness (QED) is 0.872. The number of carbonyl (C=O) groups is 2. The first kappa shape index (κ1) is 17.7. The van der Waals surface area contributed by atoms with E-state index in [1.807, 2.05) is 24.3 Å². The maximum absolute atomic E-state index is 12.3. The van der Waals surface area contributed by atoms with Crippen LogP contribution in [0.5, 0.6) is 5.75 Å². The molecule has 1 aromatic heterocycles. The van der Waals surface area contributed by atoms with E-state index in [-0.39, 0.29) is 18.4 Å². The van der Waals surface area contributed by atoms with Gasteiger partial charge in [0.1, 0.15) is 5.75 Å². The van der Waals surface area contributed by atoms with Crippen molar-refractivity contribution in [1.29, 1.82) is 0 Å². The SMILES string of the molecule is COc1ccc(N2CCN(C(=O)CNC(=O)c3ccncc3)CC2)cc1. The van der Waals surface area contributed by atoms with Crippen LogP contribution in [-0.4, -0.2) is 61.5 Å². The monoisotopic (exact) mass is 354 g/mol. The first-order valence-electron chi connectivity index (χ1n) is 8.52. The van der Waals surface area contributed by atoms with Crippen LogP contribution < -0.4 is 15.0 Å². The molecule has 26 heavy (non-hydrogen) atoms. The van der Waals surface area contributed by atoms with Crippen molar-refractivity contribution in [2.75, 3.05) is 44.7 Å². The van der Waals surface area contributed by atoms with Crippen molar-refractivity contribution < 1.29 is 14.3 Å². The smallest absolute Gasteiger partial charge is 0.251 e. The van der Waals surface area contributed by atoms with Gasteiger partial charge in [0.05, 0.1) is 13.7 Å². The fourth-order valence-corrected chi connectivity index (χ4v) is 2.88. The molecule has 1 N–H and O–H groups in total. The van der Waals surface area contributed by atoms with Gasteiger partial charge in [-0.05, 0) is 36.4 Å².